The molecule has 0 bridgehead atoms. The van der Waals surface area contributed by atoms with Crippen molar-refractivity contribution in [2.45, 2.75) is 6.54 Å². The molecule has 76 valence electrons. The molecule has 0 aliphatic carbocycles. The van der Waals surface area contributed by atoms with Crippen LogP contribution in [0, 0.1) is 0 Å². The lowest BCUT2D eigenvalue weighted by molar-refractivity contribution is 0.0990. The molecule has 0 saturated heterocycles. The van der Waals surface area contributed by atoms with Gasteiger partial charge in [-0.1, -0.05) is 0 Å². The molecule has 1 rings (SSSR count). The van der Waals surface area contributed by atoms with Gasteiger partial charge in [-0.2, -0.15) is 0 Å². The van der Waals surface area contributed by atoms with Gasteiger partial charge in [0.1, 0.15) is 5.82 Å². The number of hydrogen-bond donors (Lipinski definition) is 2. The van der Waals surface area contributed by atoms with Gasteiger partial charge < -0.3 is 16.4 Å². The van der Waals surface area contributed by atoms with E-state index >= 15 is 0 Å². The van der Waals surface area contributed by atoms with Crippen LogP contribution in [0.2, 0.25) is 0 Å². The lowest BCUT2D eigenvalue weighted by Crippen LogP contribution is -2.20. The highest BCUT2D eigenvalue weighted by Crippen LogP contribution is 2.08. The first-order valence-electron chi connectivity index (χ1n) is 4.09. The molecule has 0 aliphatic heterocycles. The molecule has 0 fully saturated rings. The normalized spacial score (nSPS) is 9.93. The van der Waals surface area contributed by atoms with Crippen LogP contribution < -0.4 is 16.4 Å². The topological polar surface area (TPSA) is 98.1 Å². The molecular weight excluding hydrogens is 182 g/mol. The number of hydrogen-bond acceptors (Lipinski definition) is 5. The van der Waals surface area contributed by atoms with Crippen LogP contribution >= 0.6 is 0 Å². The standard InChI is InChI=1S/C8H13N5O/c1-13(2)6-3-5(4-9)11-8(12-6)7(10)14/h3H,4,9H2,1-2H3,(H2,10,14). The van der Waals surface area contributed by atoms with Gasteiger partial charge in [0.25, 0.3) is 5.91 Å². The first-order chi connectivity index (χ1) is 6.54. The molecular formula is C8H13N5O. The van der Waals surface area contributed by atoms with Crippen LogP contribution in [0.1, 0.15) is 16.3 Å². The van der Waals surface area contributed by atoms with Crippen LogP contribution in [0.3, 0.4) is 0 Å². The third kappa shape index (κ3) is 2.17. The molecule has 0 spiro atoms. The molecule has 1 aromatic heterocycles. The highest BCUT2D eigenvalue weighted by atomic mass is 16.1. The van der Waals surface area contributed by atoms with Gasteiger partial charge in [-0.15, -0.1) is 0 Å². The average Bonchev–Trinajstić information content (AvgIpc) is 2.16. The molecule has 1 heterocycles. The number of aromatic nitrogens is 2. The van der Waals surface area contributed by atoms with E-state index in [2.05, 4.69) is 9.97 Å². The summed E-state index contributed by atoms with van der Waals surface area (Å²) in [6.07, 6.45) is 0. The van der Waals surface area contributed by atoms with Gasteiger partial charge in [0.15, 0.2) is 0 Å². The van der Waals surface area contributed by atoms with Crippen LogP contribution in [-0.4, -0.2) is 30.0 Å². The second kappa shape index (κ2) is 4.01. The van der Waals surface area contributed by atoms with Crippen molar-refractivity contribution in [3.63, 3.8) is 0 Å². The second-order valence-corrected chi connectivity index (χ2v) is 3.00. The molecule has 0 atom stereocenters. The number of amides is 1. The summed E-state index contributed by atoms with van der Waals surface area (Å²) in [4.78, 5) is 20.5. The molecule has 0 aliphatic rings. The Hall–Kier alpha value is -1.69. The third-order valence-electron chi connectivity index (χ3n) is 1.65. The summed E-state index contributed by atoms with van der Waals surface area (Å²) >= 11 is 0. The van der Waals surface area contributed by atoms with Gasteiger partial charge in [0, 0.05) is 26.7 Å². The number of anilines is 1. The van der Waals surface area contributed by atoms with Crippen molar-refractivity contribution in [3.8, 4) is 0 Å². The maximum Gasteiger partial charge on any atom is 0.286 e. The highest BCUT2D eigenvalue weighted by molar-refractivity contribution is 5.89. The smallest absolute Gasteiger partial charge is 0.286 e. The van der Waals surface area contributed by atoms with E-state index in [1.54, 1.807) is 11.0 Å². The van der Waals surface area contributed by atoms with Gasteiger partial charge >= 0.3 is 0 Å². The van der Waals surface area contributed by atoms with Crippen LogP contribution in [0.25, 0.3) is 0 Å². The van der Waals surface area contributed by atoms with Gasteiger partial charge in [-0.25, -0.2) is 9.97 Å². The Bertz CT molecular complexity index is 350. The molecule has 14 heavy (non-hydrogen) atoms. The SMILES string of the molecule is CN(C)c1cc(CN)nc(C(N)=O)n1. The number of primary amides is 1. The first-order valence-corrected chi connectivity index (χ1v) is 4.09. The molecule has 6 nitrogen and oxygen atoms in total. The molecule has 0 radical (unpaired) electrons. The first kappa shape index (κ1) is 10.4. The summed E-state index contributed by atoms with van der Waals surface area (Å²) in [5, 5.41) is 0. The van der Waals surface area contributed by atoms with E-state index in [1.165, 1.54) is 0 Å². The van der Waals surface area contributed by atoms with E-state index in [1.807, 2.05) is 14.1 Å². The number of carbonyl (C=O) groups is 1. The minimum Gasteiger partial charge on any atom is -0.363 e. The summed E-state index contributed by atoms with van der Waals surface area (Å²) in [6.45, 7) is 0.254. The summed E-state index contributed by atoms with van der Waals surface area (Å²) < 4.78 is 0. The fourth-order valence-corrected chi connectivity index (χ4v) is 0.927. The maximum atomic E-state index is 10.9. The van der Waals surface area contributed by atoms with Gasteiger partial charge in [-0.05, 0) is 0 Å². The summed E-state index contributed by atoms with van der Waals surface area (Å²) in [7, 11) is 3.63. The molecule has 0 saturated carbocycles. The van der Waals surface area contributed by atoms with Crippen molar-refractivity contribution in [1.82, 2.24) is 9.97 Å². The van der Waals surface area contributed by atoms with Gasteiger partial charge in [0.05, 0.1) is 5.69 Å². The van der Waals surface area contributed by atoms with Gasteiger partial charge in [0.2, 0.25) is 5.82 Å². The molecule has 6 heteroatoms. The van der Waals surface area contributed by atoms with Crippen LogP contribution in [0.15, 0.2) is 6.07 Å². The fraction of sp³-hybridized carbons (Fsp3) is 0.375. The lowest BCUT2D eigenvalue weighted by Gasteiger charge is -2.12. The van der Waals surface area contributed by atoms with Crippen molar-refractivity contribution in [3.05, 3.63) is 17.6 Å². The summed E-state index contributed by atoms with van der Waals surface area (Å²) in [5.74, 6) is -0.0331. The number of nitrogens with two attached hydrogens (primary N) is 2. The maximum absolute atomic E-state index is 10.9. The zero-order valence-corrected chi connectivity index (χ0v) is 8.19. The summed E-state index contributed by atoms with van der Waals surface area (Å²) in [5.41, 5.74) is 11.1. The number of rotatable bonds is 3. The molecule has 0 unspecified atom stereocenters. The predicted octanol–water partition coefficient (Wildman–Crippen LogP) is -0.900. The van der Waals surface area contributed by atoms with Crippen LogP contribution in [0.4, 0.5) is 5.82 Å². The minimum atomic E-state index is -0.650. The van der Waals surface area contributed by atoms with Crippen molar-refractivity contribution in [1.29, 1.82) is 0 Å². The Labute approximate surface area is 81.9 Å². The fourth-order valence-electron chi connectivity index (χ4n) is 0.927. The van der Waals surface area contributed by atoms with Gasteiger partial charge in [-0.3, -0.25) is 4.79 Å². The Kier molecular flexibility index (Phi) is 2.98. The largest absolute Gasteiger partial charge is 0.363 e. The second-order valence-electron chi connectivity index (χ2n) is 3.00. The predicted molar refractivity (Wildman–Crippen MR) is 52.8 cm³/mol. The van der Waals surface area contributed by atoms with Crippen molar-refractivity contribution < 1.29 is 4.79 Å². The zero-order chi connectivity index (χ0) is 10.7. The quantitative estimate of drug-likeness (QED) is 0.651. The molecule has 1 aromatic rings. The molecule has 1 amide bonds. The number of carbonyl (C=O) groups excluding carboxylic acids is 1. The third-order valence-corrected chi connectivity index (χ3v) is 1.65. The van der Waals surface area contributed by atoms with E-state index in [-0.39, 0.29) is 12.4 Å². The van der Waals surface area contributed by atoms with E-state index in [4.69, 9.17) is 11.5 Å². The molecule has 4 N–H and O–H groups in total. The van der Waals surface area contributed by atoms with E-state index in [0.717, 1.165) is 0 Å². The van der Waals surface area contributed by atoms with Crippen molar-refractivity contribution in [2.75, 3.05) is 19.0 Å². The highest BCUT2D eigenvalue weighted by Gasteiger charge is 2.09. The summed E-state index contributed by atoms with van der Waals surface area (Å²) in [6, 6.07) is 1.71. The Morgan fingerprint density at radius 2 is 2.14 bits per heavy atom. The number of nitrogens with zero attached hydrogens (tertiary/aromatic N) is 3. The van der Waals surface area contributed by atoms with Crippen LogP contribution in [-0.2, 0) is 6.54 Å². The Morgan fingerprint density at radius 1 is 1.50 bits per heavy atom. The lowest BCUT2D eigenvalue weighted by atomic mass is 10.3. The zero-order valence-electron chi connectivity index (χ0n) is 8.19. The van der Waals surface area contributed by atoms with Crippen molar-refractivity contribution >= 4 is 11.7 Å². The monoisotopic (exact) mass is 195 g/mol. The Morgan fingerprint density at radius 3 is 2.57 bits per heavy atom. The van der Waals surface area contributed by atoms with E-state index in [0.29, 0.717) is 11.5 Å². The van der Waals surface area contributed by atoms with Crippen molar-refractivity contribution in [2.24, 2.45) is 11.5 Å². The van der Waals surface area contributed by atoms with E-state index < -0.39 is 5.91 Å². The van der Waals surface area contributed by atoms with Crippen LogP contribution in [0.5, 0.6) is 0 Å². The Balaban J connectivity index is 3.20. The average molecular weight is 195 g/mol. The molecule has 0 aromatic carbocycles. The minimum absolute atomic E-state index is 0.00310. The van der Waals surface area contributed by atoms with E-state index in [9.17, 15) is 4.79 Å².